The lowest BCUT2D eigenvalue weighted by atomic mass is 10.2. The molecule has 0 spiro atoms. The fourth-order valence-corrected chi connectivity index (χ4v) is 5.06. The molecule has 4 heterocycles. The van der Waals surface area contributed by atoms with Crippen molar-refractivity contribution in [2.45, 2.75) is 6.92 Å². The molecule has 0 unspecified atom stereocenters. The van der Waals surface area contributed by atoms with Crippen LogP contribution in [0.15, 0.2) is 49.2 Å². The number of aryl methyl sites for hydroxylation is 1. The molecule has 0 N–H and O–H groups in total. The minimum absolute atomic E-state index is 0.0324. The van der Waals surface area contributed by atoms with Crippen LogP contribution in [0.4, 0.5) is 11.5 Å². The zero-order valence-electron chi connectivity index (χ0n) is 18.2. The molecule has 0 atom stereocenters. The highest BCUT2D eigenvalue weighted by molar-refractivity contribution is 7.99. The Balaban J connectivity index is 1.24. The van der Waals surface area contributed by atoms with Crippen LogP contribution in [-0.2, 0) is 0 Å². The van der Waals surface area contributed by atoms with Crippen molar-refractivity contribution in [3.8, 4) is 5.82 Å². The lowest BCUT2D eigenvalue weighted by Gasteiger charge is -2.36. The summed E-state index contributed by atoms with van der Waals surface area (Å²) in [5.74, 6) is 3.84. The first-order chi connectivity index (χ1) is 15.7. The van der Waals surface area contributed by atoms with E-state index in [2.05, 4.69) is 55.9 Å². The maximum Gasteiger partial charge on any atom is 0.274 e. The number of rotatable bonds is 4. The molecule has 8 nitrogen and oxygen atoms in total. The number of imidazole rings is 1. The topological polar surface area (TPSA) is 70.4 Å². The predicted molar refractivity (Wildman–Crippen MR) is 128 cm³/mol. The van der Waals surface area contributed by atoms with Crippen LogP contribution in [0.1, 0.15) is 16.1 Å². The summed E-state index contributed by atoms with van der Waals surface area (Å²) in [6, 6.07) is 10.5. The molecule has 0 saturated carbocycles. The zero-order valence-corrected chi connectivity index (χ0v) is 19.0. The van der Waals surface area contributed by atoms with Gasteiger partial charge in [-0.05, 0) is 24.6 Å². The number of amides is 1. The molecular weight excluding hydrogens is 422 g/mol. The number of anilines is 2. The number of hydrogen-bond donors (Lipinski definition) is 0. The normalized spacial score (nSPS) is 17.0. The third-order valence-corrected chi connectivity index (χ3v) is 6.92. The van der Waals surface area contributed by atoms with Gasteiger partial charge in [0.25, 0.3) is 5.91 Å². The number of aromatic nitrogens is 4. The summed E-state index contributed by atoms with van der Waals surface area (Å²) in [5, 5.41) is 0. The third-order valence-electron chi connectivity index (χ3n) is 5.97. The smallest absolute Gasteiger partial charge is 0.274 e. The van der Waals surface area contributed by atoms with Gasteiger partial charge in [0.2, 0.25) is 0 Å². The molecule has 32 heavy (non-hydrogen) atoms. The number of carbonyl (C=O) groups excluding carboxylic acids is 1. The first-order valence-corrected chi connectivity index (χ1v) is 12.1. The molecule has 2 aromatic heterocycles. The molecule has 2 aliphatic rings. The number of piperazine rings is 1. The standard InChI is InChI=1S/C23H27N7OS/c1-18-3-2-4-19(13-18)27-5-7-29(8-6-27)23(31)20-15-30(17-26-20)22-14-21(24-16-25-22)28-9-11-32-12-10-28/h2-4,13-17H,5-12H2,1H3. The van der Waals surface area contributed by atoms with Crippen LogP contribution in [-0.4, -0.2) is 81.1 Å². The number of hydrogen-bond acceptors (Lipinski definition) is 7. The quantitative estimate of drug-likeness (QED) is 0.606. The largest absolute Gasteiger partial charge is 0.368 e. The molecule has 166 valence electrons. The van der Waals surface area contributed by atoms with Gasteiger partial charge in [-0.15, -0.1) is 0 Å². The molecular formula is C23H27N7OS. The maximum absolute atomic E-state index is 13.0. The van der Waals surface area contributed by atoms with E-state index in [9.17, 15) is 4.79 Å². The van der Waals surface area contributed by atoms with Gasteiger partial charge in [0.05, 0.1) is 0 Å². The van der Waals surface area contributed by atoms with Gasteiger partial charge in [-0.25, -0.2) is 15.0 Å². The van der Waals surface area contributed by atoms with Crippen LogP contribution in [0.5, 0.6) is 0 Å². The van der Waals surface area contributed by atoms with Crippen molar-refractivity contribution < 1.29 is 4.79 Å². The van der Waals surface area contributed by atoms with Crippen molar-refractivity contribution in [3.63, 3.8) is 0 Å². The van der Waals surface area contributed by atoms with Gasteiger partial charge in [-0.3, -0.25) is 9.36 Å². The Bertz CT molecular complexity index is 1090. The van der Waals surface area contributed by atoms with E-state index in [0.29, 0.717) is 18.8 Å². The molecule has 0 radical (unpaired) electrons. The fourth-order valence-electron chi connectivity index (χ4n) is 4.16. The molecule has 9 heteroatoms. The zero-order chi connectivity index (χ0) is 21.9. The summed E-state index contributed by atoms with van der Waals surface area (Å²) in [7, 11) is 0. The van der Waals surface area contributed by atoms with E-state index < -0.39 is 0 Å². The van der Waals surface area contributed by atoms with Crippen molar-refractivity contribution in [1.29, 1.82) is 0 Å². The molecule has 0 aliphatic carbocycles. The summed E-state index contributed by atoms with van der Waals surface area (Å²) in [6.45, 7) is 7.09. The summed E-state index contributed by atoms with van der Waals surface area (Å²) in [4.78, 5) is 32.7. The first-order valence-electron chi connectivity index (χ1n) is 11.0. The van der Waals surface area contributed by atoms with Crippen LogP contribution in [0, 0.1) is 6.92 Å². The average Bonchev–Trinajstić information content (AvgIpc) is 3.35. The van der Waals surface area contributed by atoms with Gasteiger partial charge in [0.1, 0.15) is 30.0 Å². The fraction of sp³-hybridized carbons (Fsp3) is 0.391. The number of thioether (sulfide) groups is 1. The van der Waals surface area contributed by atoms with E-state index in [0.717, 1.165) is 49.3 Å². The Hall–Kier alpha value is -3.07. The van der Waals surface area contributed by atoms with Crippen molar-refractivity contribution in [2.24, 2.45) is 0 Å². The molecule has 0 bridgehead atoms. The second-order valence-corrected chi connectivity index (χ2v) is 9.34. The van der Waals surface area contributed by atoms with Crippen LogP contribution >= 0.6 is 11.8 Å². The lowest BCUT2D eigenvalue weighted by molar-refractivity contribution is 0.0741. The highest BCUT2D eigenvalue weighted by Gasteiger charge is 2.24. The van der Waals surface area contributed by atoms with Crippen molar-refractivity contribution in [1.82, 2.24) is 24.4 Å². The van der Waals surface area contributed by atoms with E-state index >= 15 is 0 Å². The van der Waals surface area contributed by atoms with E-state index in [4.69, 9.17) is 0 Å². The van der Waals surface area contributed by atoms with Gasteiger partial charge < -0.3 is 14.7 Å². The SMILES string of the molecule is Cc1cccc(N2CCN(C(=O)c3cn(-c4cc(N5CCSCC5)ncn4)cn3)CC2)c1. The number of benzene rings is 1. The summed E-state index contributed by atoms with van der Waals surface area (Å²) in [5.41, 5.74) is 2.91. The Labute approximate surface area is 192 Å². The number of carbonyl (C=O) groups is 1. The monoisotopic (exact) mass is 449 g/mol. The summed E-state index contributed by atoms with van der Waals surface area (Å²) >= 11 is 1.97. The molecule has 2 saturated heterocycles. The van der Waals surface area contributed by atoms with E-state index in [1.54, 1.807) is 23.4 Å². The van der Waals surface area contributed by atoms with Gasteiger partial charge in [-0.2, -0.15) is 11.8 Å². The minimum atomic E-state index is -0.0324. The number of nitrogens with zero attached hydrogens (tertiary/aromatic N) is 7. The molecule has 1 aromatic carbocycles. The molecule has 2 fully saturated rings. The molecule has 5 rings (SSSR count). The Morgan fingerprint density at radius 3 is 2.47 bits per heavy atom. The minimum Gasteiger partial charge on any atom is -0.368 e. The third kappa shape index (κ3) is 4.43. The Kier molecular flexibility index (Phi) is 5.98. The highest BCUT2D eigenvalue weighted by Crippen LogP contribution is 2.20. The summed E-state index contributed by atoms with van der Waals surface area (Å²) < 4.78 is 1.81. The molecule has 3 aromatic rings. The van der Waals surface area contributed by atoms with Crippen molar-refractivity contribution in [3.05, 3.63) is 60.4 Å². The predicted octanol–water partition coefficient (Wildman–Crippen LogP) is 2.49. The maximum atomic E-state index is 13.0. The molecule has 1 amide bonds. The Morgan fingerprint density at radius 1 is 0.906 bits per heavy atom. The van der Waals surface area contributed by atoms with Gasteiger partial charge in [0.15, 0.2) is 0 Å². The van der Waals surface area contributed by atoms with Gasteiger partial charge >= 0.3 is 0 Å². The second-order valence-electron chi connectivity index (χ2n) is 8.12. The van der Waals surface area contributed by atoms with Crippen molar-refractivity contribution >= 4 is 29.2 Å². The van der Waals surface area contributed by atoms with Gasteiger partial charge in [0, 0.05) is 68.7 Å². The average molecular weight is 450 g/mol. The van der Waals surface area contributed by atoms with E-state index in [1.165, 1.54) is 11.3 Å². The van der Waals surface area contributed by atoms with Crippen LogP contribution in [0.25, 0.3) is 5.82 Å². The van der Waals surface area contributed by atoms with Crippen LogP contribution < -0.4 is 9.80 Å². The second kappa shape index (κ2) is 9.20. The molecule has 2 aliphatic heterocycles. The van der Waals surface area contributed by atoms with Crippen LogP contribution in [0.2, 0.25) is 0 Å². The highest BCUT2D eigenvalue weighted by atomic mass is 32.2. The summed E-state index contributed by atoms with van der Waals surface area (Å²) in [6.07, 6.45) is 5.01. The van der Waals surface area contributed by atoms with Crippen molar-refractivity contribution in [2.75, 3.05) is 60.6 Å². The van der Waals surface area contributed by atoms with Crippen LogP contribution in [0.3, 0.4) is 0 Å². The Morgan fingerprint density at radius 2 is 1.69 bits per heavy atom. The van der Waals surface area contributed by atoms with Gasteiger partial charge in [-0.1, -0.05) is 12.1 Å². The lowest BCUT2D eigenvalue weighted by Crippen LogP contribution is -2.48. The first kappa shape index (κ1) is 20.8. The van der Waals surface area contributed by atoms with E-state index in [-0.39, 0.29) is 5.91 Å². The van der Waals surface area contributed by atoms with E-state index in [1.807, 2.05) is 22.7 Å².